The van der Waals surface area contributed by atoms with Crippen molar-refractivity contribution in [1.82, 2.24) is 5.43 Å². The first kappa shape index (κ1) is 9.79. The van der Waals surface area contributed by atoms with E-state index in [0.717, 1.165) is 4.88 Å². The van der Waals surface area contributed by atoms with Crippen LogP contribution in [0.25, 0.3) is 0 Å². The second kappa shape index (κ2) is 4.66. The maximum Gasteiger partial charge on any atom is 0.317 e. The van der Waals surface area contributed by atoms with Gasteiger partial charge in [0.25, 0.3) is 0 Å². The lowest BCUT2D eigenvalue weighted by atomic mass is 10.5. The van der Waals surface area contributed by atoms with E-state index in [0.29, 0.717) is 0 Å². The number of rotatable bonds is 3. The summed E-state index contributed by atoms with van der Waals surface area (Å²) in [7, 11) is 0. The molecule has 0 radical (unpaired) electrons. The lowest BCUT2D eigenvalue weighted by Crippen LogP contribution is -2.24. The van der Waals surface area contributed by atoms with Crippen molar-refractivity contribution in [3.8, 4) is 0 Å². The highest BCUT2D eigenvalue weighted by Gasteiger charge is 2.12. The van der Waals surface area contributed by atoms with Gasteiger partial charge in [0.05, 0.1) is 6.21 Å². The molecule has 0 saturated carbocycles. The minimum absolute atomic E-state index is 0.787. The minimum Gasteiger partial charge on any atom is -0.266 e. The number of hydrogen-bond donors (Lipinski definition) is 1. The summed E-state index contributed by atoms with van der Waals surface area (Å²) in [6.45, 7) is 0. The smallest absolute Gasteiger partial charge is 0.266 e. The first-order valence-electron chi connectivity index (χ1n) is 3.34. The van der Waals surface area contributed by atoms with Crippen molar-refractivity contribution in [3.05, 3.63) is 22.4 Å². The van der Waals surface area contributed by atoms with Crippen LogP contribution in [0.5, 0.6) is 0 Å². The van der Waals surface area contributed by atoms with Gasteiger partial charge in [0.2, 0.25) is 0 Å². The van der Waals surface area contributed by atoms with Gasteiger partial charge in [-0.15, -0.1) is 11.3 Å². The van der Waals surface area contributed by atoms with Crippen molar-refractivity contribution in [1.29, 1.82) is 0 Å². The third kappa shape index (κ3) is 3.29. The van der Waals surface area contributed by atoms with Crippen LogP contribution in [0.1, 0.15) is 4.88 Å². The van der Waals surface area contributed by atoms with Gasteiger partial charge in [-0.2, -0.15) is 13.9 Å². The molecule has 0 atom stereocenters. The largest absolute Gasteiger partial charge is 0.317 e. The summed E-state index contributed by atoms with van der Waals surface area (Å²) in [6.07, 6.45) is -1.72. The molecule has 1 aromatic heterocycles. The number of nitrogens with zero attached hydrogens (tertiary/aromatic N) is 1. The molecule has 0 unspecified atom stereocenters. The second-order valence-electron chi connectivity index (χ2n) is 2.05. The molecule has 1 aromatic rings. The average Bonchev–Trinajstić information content (AvgIpc) is 2.56. The summed E-state index contributed by atoms with van der Waals surface area (Å²) in [6, 6.07) is 3.55. The third-order valence-corrected chi connectivity index (χ3v) is 1.91. The summed E-state index contributed by atoms with van der Waals surface area (Å²) in [5, 5.41) is 5.16. The highest BCUT2D eigenvalue weighted by molar-refractivity contribution is 7.11. The van der Waals surface area contributed by atoms with Crippen LogP contribution < -0.4 is 5.43 Å². The van der Waals surface area contributed by atoms with Gasteiger partial charge in [0.1, 0.15) is 0 Å². The highest BCUT2D eigenvalue weighted by atomic mass is 32.1. The van der Waals surface area contributed by atoms with Crippen molar-refractivity contribution < 1.29 is 13.6 Å². The molecule has 0 bridgehead atoms. The standard InChI is InChI=1S/C7H6F2N2OS/c8-6(9)7(12)11-10-4-5-2-1-3-13-5/h1-4,6H,(H,11,12)/b10-4+. The SMILES string of the molecule is O=C(N/N=C/c1cccs1)C(F)F. The van der Waals surface area contributed by atoms with Gasteiger partial charge in [-0.25, -0.2) is 5.43 Å². The van der Waals surface area contributed by atoms with Crippen molar-refractivity contribution in [2.75, 3.05) is 0 Å². The summed E-state index contributed by atoms with van der Waals surface area (Å²) >= 11 is 1.39. The molecule has 0 spiro atoms. The quantitative estimate of drug-likeness (QED) is 0.587. The van der Waals surface area contributed by atoms with Crippen molar-refractivity contribution in [2.45, 2.75) is 6.43 Å². The van der Waals surface area contributed by atoms with E-state index in [4.69, 9.17) is 0 Å². The number of carbonyl (C=O) groups is 1. The van der Waals surface area contributed by atoms with Crippen LogP contribution in [0.4, 0.5) is 8.78 Å². The summed E-state index contributed by atoms with van der Waals surface area (Å²) in [4.78, 5) is 11.1. The van der Waals surface area contributed by atoms with E-state index < -0.39 is 12.3 Å². The van der Waals surface area contributed by atoms with Crippen LogP contribution in [-0.2, 0) is 4.79 Å². The molecular weight excluding hydrogens is 198 g/mol. The summed E-state index contributed by atoms with van der Waals surface area (Å²) < 4.78 is 23.2. The topological polar surface area (TPSA) is 41.5 Å². The van der Waals surface area contributed by atoms with Crippen LogP contribution in [-0.4, -0.2) is 18.5 Å². The monoisotopic (exact) mass is 204 g/mol. The number of carbonyl (C=O) groups excluding carboxylic acids is 1. The number of thiophene rings is 1. The van der Waals surface area contributed by atoms with Crippen molar-refractivity contribution in [2.24, 2.45) is 5.10 Å². The Morgan fingerprint density at radius 1 is 1.69 bits per heavy atom. The van der Waals surface area contributed by atoms with Crippen LogP contribution in [0.2, 0.25) is 0 Å². The first-order valence-corrected chi connectivity index (χ1v) is 4.22. The number of halogens is 2. The van der Waals surface area contributed by atoms with Gasteiger partial charge in [-0.05, 0) is 11.4 Å². The molecule has 6 heteroatoms. The van der Waals surface area contributed by atoms with Gasteiger partial charge in [-0.1, -0.05) is 6.07 Å². The molecule has 1 amide bonds. The number of amides is 1. The fourth-order valence-corrected chi connectivity index (χ4v) is 1.16. The zero-order valence-electron chi connectivity index (χ0n) is 6.41. The number of nitrogens with one attached hydrogen (secondary N) is 1. The molecule has 0 saturated heterocycles. The predicted molar refractivity (Wildman–Crippen MR) is 46.1 cm³/mol. The average molecular weight is 204 g/mol. The Morgan fingerprint density at radius 2 is 2.46 bits per heavy atom. The molecule has 1 heterocycles. The molecular formula is C7H6F2N2OS. The van der Waals surface area contributed by atoms with Gasteiger partial charge in [0, 0.05) is 4.88 Å². The van der Waals surface area contributed by atoms with E-state index in [1.54, 1.807) is 17.6 Å². The van der Waals surface area contributed by atoms with Gasteiger partial charge >= 0.3 is 12.3 Å². The van der Waals surface area contributed by atoms with Crippen LogP contribution in [0, 0.1) is 0 Å². The normalized spacial score (nSPS) is 11.0. The lowest BCUT2D eigenvalue weighted by Gasteiger charge is -1.94. The van der Waals surface area contributed by atoms with Crippen molar-refractivity contribution in [3.63, 3.8) is 0 Å². The molecule has 3 nitrogen and oxygen atoms in total. The molecule has 13 heavy (non-hydrogen) atoms. The number of hydrogen-bond acceptors (Lipinski definition) is 3. The fourth-order valence-electron chi connectivity index (χ4n) is 0.573. The summed E-state index contributed by atoms with van der Waals surface area (Å²) in [5.41, 5.74) is 1.71. The second-order valence-corrected chi connectivity index (χ2v) is 3.03. The Bertz CT molecular complexity index is 297. The predicted octanol–water partition coefficient (Wildman–Crippen LogP) is 1.46. The lowest BCUT2D eigenvalue weighted by molar-refractivity contribution is -0.131. The first-order chi connectivity index (χ1) is 6.20. The zero-order chi connectivity index (χ0) is 9.68. The number of alkyl halides is 2. The van der Waals surface area contributed by atoms with E-state index in [-0.39, 0.29) is 0 Å². The number of hydrazone groups is 1. The molecule has 0 aromatic carbocycles. The maximum atomic E-state index is 11.6. The Kier molecular flexibility index (Phi) is 3.51. The molecule has 0 aliphatic heterocycles. The Balaban J connectivity index is 2.39. The van der Waals surface area contributed by atoms with E-state index >= 15 is 0 Å². The maximum absolute atomic E-state index is 11.6. The molecule has 0 aliphatic rings. The van der Waals surface area contributed by atoms with Gasteiger partial charge in [-0.3, -0.25) is 4.79 Å². The fraction of sp³-hybridized carbons (Fsp3) is 0.143. The van der Waals surface area contributed by atoms with Crippen LogP contribution in [0.15, 0.2) is 22.6 Å². The zero-order valence-corrected chi connectivity index (χ0v) is 7.22. The molecule has 0 fully saturated rings. The van der Waals surface area contributed by atoms with Gasteiger partial charge in [0.15, 0.2) is 0 Å². The van der Waals surface area contributed by atoms with Crippen LogP contribution >= 0.6 is 11.3 Å². The summed E-state index contributed by atoms with van der Waals surface area (Å²) in [5.74, 6) is -1.40. The molecule has 0 aliphatic carbocycles. The Hall–Kier alpha value is -1.30. The van der Waals surface area contributed by atoms with Crippen molar-refractivity contribution >= 4 is 23.5 Å². The highest BCUT2D eigenvalue weighted by Crippen LogP contribution is 2.04. The van der Waals surface area contributed by atoms with E-state index in [1.165, 1.54) is 17.6 Å². The Morgan fingerprint density at radius 3 is 3.00 bits per heavy atom. The molecule has 1 rings (SSSR count). The van der Waals surface area contributed by atoms with E-state index in [9.17, 15) is 13.6 Å². The molecule has 70 valence electrons. The third-order valence-electron chi connectivity index (χ3n) is 1.11. The Labute approximate surface area is 77.1 Å². The minimum atomic E-state index is -3.03. The van der Waals surface area contributed by atoms with E-state index in [2.05, 4.69) is 5.10 Å². The van der Waals surface area contributed by atoms with Crippen LogP contribution in [0.3, 0.4) is 0 Å². The van der Waals surface area contributed by atoms with E-state index in [1.807, 2.05) is 5.38 Å². The molecule has 1 N–H and O–H groups in total. The van der Waals surface area contributed by atoms with Gasteiger partial charge < -0.3 is 0 Å².